The van der Waals surface area contributed by atoms with E-state index in [2.05, 4.69) is 15.3 Å². The van der Waals surface area contributed by atoms with Crippen LogP contribution in [0, 0.1) is 11.8 Å². The van der Waals surface area contributed by atoms with Gasteiger partial charge in [-0.05, 0) is 61.3 Å². The first-order chi connectivity index (χ1) is 18.6. The Morgan fingerprint density at radius 3 is 2.17 bits per heavy atom. The van der Waals surface area contributed by atoms with Crippen molar-refractivity contribution in [1.29, 1.82) is 0 Å². The largest absolute Gasteiger partial charge is 0.369 e. The van der Waals surface area contributed by atoms with Gasteiger partial charge in [-0.25, -0.2) is 13.8 Å². The molecule has 0 saturated carbocycles. The van der Waals surface area contributed by atoms with Crippen LogP contribution in [0.3, 0.4) is 0 Å². The van der Waals surface area contributed by atoms with Crippen molar-refractivity contribution in [1.82, 2.24) is 20.2 Å². The van der Waals surface area contributed by atoms with Gasteiger partial charge in [0, 0.05) is 52.7 Å². The Morgan fingerprint density at radius 1 is 1.05 bits per heavy atom. The van der Waals surface area contributed by atoms with Gasteiger partial charge < -0.3 is 30.4 Å². The predicted octanol–water partition coefficient (Wildman–Crippen LogP) is 4.50. The lowest BCUT2D eigenvalue weighted by atomic mass is 9.93. The highest BCUT2D eigenvalue weighted by Gasteiger charge is 2.33. The minimum atomic E-state index is -1.32. The molecule has 0 bridgehead atoms. The molecule has 2 heterocycles. The minimum absolute atomic E-state index is 0. The highest BCUT2D eigenvalue weighted by Crippen LogP contribution is 2.25. The summed E-state index contributed by atoms with van der Waals surface area (Å²) in [5.41, 5.74) is 8.90. The number of hydrogen-bond acceptors (Lipinski definition) is 6. The van der Waals surface area contributed by atoms with Crippen molar-refractivity contribution in [2.24, 2.45) is 17.6 Å². The first-order valence-electron chi connectivity index (χ1n) is 13.8. The fourth-order valence-electron chi connectivity index (χ4n) is 5.15. The number of aryl methyl sites for hydroxylation is 2. The molecule has 1 aromatic heterocycles. The third-order valence-electron chi connectivity index (χ3n) is 7.26. The van der Waals surface area contributed by atoms with E-state index in [9.17, 15) is 18.4 Å². The number of imidazole rings is 1. The average Bonchev–Trinajstić information content (AvgIpc) is 3.33. The standard InChI is InChI=1S/C28H43F2N5O4.2ClH/c1-17(2)16-35(21-11-20(26(31)36)14-32-15-21)28(37)27-33-22-12-18(7-5-9-24(29)38-3)19(13-23(22)34-27)8-6-10-25(30)39-4;;/h12-13,17,20-21,24-25,32H,5-11,14-16H2,1-4H3,(H2,31,36)(H,33,34);2*1H/t20-,21+,24?,25?;;/m1../s1. The van der Waals surface area contributed by atoms with Crippen LogP contribution in [-0.4, -0.2) is 79.3 Å². The summed E-state index contributed by atoms with van der Waals surface area (Å²) in [6.45, 7) is 5.67. The zero-order valence-corrected chi connectivity index (χ0v) is 25.9. The van der Waals surface area contributed by atoms with Gasteiger partial charge in [-0.1, -0.05) is 13.8 Å². The number of nitrogens with zero attached hydrogens (tertiary/aromatic N) is 2. The van der Waals surface area contributed by atoms with Crippen LogP contribution < -0.4 is 11.1 Å². The summed E-state index contributed by atoms with van der Waals surface area (Å²) < 4.78 is 36.7. The van der Waals surface area contributed by atoms with Crippen molar-refractivity contribution in [2.45, 2.75) is 77.6 Å². The van der Waals surface area contributed by atoms with Crippen molar-refractivity contribution in [2.75, 3.05) is 33.9 Å². The van der Waals surface area contributed by atoms with Gasteiger partial charge >= 0.3 is 0 Å². The summed E-state index contributed by atoms with van der Waals surface area (Å²) in [7, 11) is 2.68. The lowest BCUT2D eigenvalue weighted by Crippen LogP contribution is -2.54. The summed E-state index contributed by atoms with van der Waals surface area (Å²) in [5, 5.41) is 3.23. The summed E-state index contributed by atoms with van der Waals surface area (Å²) >= 11 is 0. The van der Waals surface area contributed by atoms with Gasteiger partial charge in [-0.2, -0.15) is 0 Å². The van der Waals surface area contributed by atoms with Crippen LogP contribution in [0.25, 0.3) is 11.0 Å². The van der Waals surface area contributed by atoms with Crippen molar-refractivity contribution < 1.29 is 27.8 Å². The Balaban J connectivity index is 0.00000420. The van der Waals surface area contributed by atoms with Crippen LogP contribution in [0.2, 0.25) is 0 Å². The number of primary amides is 1. The molecule has 3 rings (SSSR count). The van der Waals surface area contributed by atoms with Crippen LogP contribution in [0.15, 0.2) is 12.1 Å². The summed E-state index contributed by atoms with van der Waals surface area (Å²) in [6, 6.07) is 3.70. The number of amides is 2. The fraction of sp³-hybridized carbons (Fsp3) is 0.679. The summed E-state index contributed by atoms with van der Waals surface area (Å²) in [5.74, 6) is -0.511. The molecule has 2 unspecified atom stereocenters. The highest BCUT2D eigenvalue weighted by atomic mass is 35.5. The first-order valence-corrected chi connectivity index (χ1v) is 13.8. The number of benzene rings is 1. The maximum atomic E-state index is 13.7. The molecule has 1 aliphatic rings. The van der Waals surface area contributed by atoms with Crippen molar-refractivity contribution in [3.8, 4) is 0 Å². The molecule has 4 N–H and O–H groups in total. The molecule has 0 spiro atoms. The second-order valence-electron chi connectivity index (χ2n) is 10.8. The molecular formula is C28H45Cl2F2N5O4. The Bertz CT molecular complexity index is 1050. The maximum absolute atomic E-state index is 13.7. The normalized spacial score (nSPS) is 18.4. The third kappa shape index (κ3) is 10.6. The van der Waals surface area contributed by atoms with E-state index in [0.29, 0.717) is 62.8 Å². The van der Waals surface area contributed by atoms with Gasteiger partial charge in [-0.15, -0.1) is 24.8 Å². The molecule has 2 aromatic rings. The number of ether oxygens (including phenoxy) is 2. The van der Waals surface area contributed by atoms with Gasteiger partial charge in [0.25, 0.3) is 5.91 Å². The summed E-state index contributed by atoms with van der Waals surface area (Å²) in [4.78, 5) is 35.2. The van der Waals surface area contributed by atoms with Crippen LogP contribution in [-0.2, 0) is 27.1 Å². The molecule has 0 radical (unpaired) electrons. The van der Waals surface area contributed by atoms with Crippen LogP contribution >= 0.6 is 24.8 Å². The van der Waals surface area contributed by atoms with Crippen molar-refractivity contribution in [3.05, 3.63) is 29.1 Å². The number of nitrogens with two attached hydrogens (primary N) is 1. The van der Waals surface area contributed by atoms with Crippen LogP contribution in [0.4, 0.5) is 8.78 Å². The van der Waals surface area contributed by atoms with E-state index >= 15 is 0 Å². The van der Waals surface area contributed by atoms with Gasteiger partial charge in [0.2, 0.25) is 5.91 Å². The number of methoxy groups -OCH3 is 2. The van der Waals surface area contributed by atoms with Gasteiger partial charge in [0.1, 0.15) is 0 Å². The van der Waals surface area contributed by atoms with Crippen LogP contribution in [0.1, 0.15) is 67.7 Å². The summed E-state index contributed by atoms with van der Waals surface area (Å²) in [6.07, 6.45) is 0.764. The van der Waals surface area contributed by atoms with Gasteiger partial charge in [0.05, 0.1) is 17.0 Å². The third-order valence-corrected chi connectivity index (χ3v) is 7.26. The first kappa shape index (κ1) is 37.0. The zero-order chi connectivity index (χ0) is 28.5. The van der Waals surface area contributed by atoms with E-state index in [1.807, 2.05) is 26.0 Å². The molecule has 4 atom stereocenters. The highest BCUT2D eigenvalue weighted by molar-refractivity contribution is 5.94. The molecular weight excluding hydrogens is 579 g/mol. The maximum Gasteiger partial charge on any atom is 0.289 e. The van der Waals surface area contributed by atoms with E-state index < -0.39 is 12.7 Å². The smallest absolute Gasteiger partial charge is 0.289 e. The molecule has 1 saturated heterocycles. The number of halogens is 4. The second-order valence-corrected chi connectivity index (χ2v) is 10.8. The predicted molar refractivity (Wildman–Crippen MR) is 160 cm³/mol. The number of hydrogen-bond donors (Lipinski definition) is 3. The van der Waals surface area contributed by atoms with Crippen molar-refractivity contribution >= 4 is 47.7 Å². The molecule has 1 aliphatic heterocycles. The molecule has 1 aromatic carbocycles. The molecule has 2 amide bonds. The number of carbonyl (C=O) groups is 2. The number of piperidine rings is 1. The van der Waals surface area contributed by atoms with Crippen LogP contribution in [0.5, 0.6) is 0 Å². The van der Waals surface area contributed by atoms with Crippen molar-refractivity contribution in [3.63, 3.8) is 0 Å². The van der Waals surface area contributed by atoms with E-state index in [1.54, 1.807) is 4.90 Å². The van der Waals surface area contributed by atoms with E-state index in [-0.39, 0.29) is 73.2 Å². The average molecular weight is 625 g/mol. The number of alkyl halides is 2. The molecule has 234 valence electrons. The number of aromatic amines is 1. The lowest BCUT2D eigenvalue weighted by Gasteiger charge is -2.37. The number of fused-ring (bicyclic) bond motifs is 1. The van der Waals surface area contributed by atoms with Gasteiger partial charge in [-0.3, -0.25) is 9.59 Å². The Kier molecular flexibility index (Phi) is 16.1. The Morgan fingerprint density at radius 2 is 1.63 bits per heavy atom. The fourth-order valence-corrected chi connectivity index (χ4v) is 5.15. The lowest BCUT2D eigenvalue weighted by molar-refractivity contribution is -0.122. The van der Waals surface area contributed by atoms with E-state index in [1.165, 1.54) is 14.2 Å². The molecule has 13 heteroatoms. The number of H-pyrrole nitrogens is 1. The molecule has 0 aliphatic carbocycles. The van der Waals surface area contributed by atoms with Gasteiger partial charge in [0.15, 0.2) is 18.5 Å². The second kappa shape index (κ2) is 17.8. The number of rotatable bonds is 15. The quantitative estimate of drug-likeness (QED) is 0.268. The number of aromatic nitrogens is 2. The topological polar surface area (TPSA) is 123 Å². The Labute approximate surface area is 253 Å². The minimum Gasteiger partial charge on any atom is -0.369 e. The zero-order valence-electron chi connectivity index (χ0n) is 24.3. The van der Waals surface area contributed by atoms with E-state index in [0.717, 1.165) is 11.1 Å². The van der Waals surface area contributed by atoms with E-state index in [4.69, 9.17) is 15.2 Å². The SMILES string of the molecule is COC(F)CCCc1cc2nc(C(=O)N(CC(C)C)[C@@H]3CNC[C@H](C(N)=O)C3)[nH]c2cc1CCCC(F)OC.Cl.Cl. The number of nitrogens with one attached hydrogen (secondary N) is 2. The number of carbonyl (C=O) groups excluding carboxylic acids is 2. The molecule has 1 fully saturated rings. The monoisotopic (exact) mass is 623 g/mol. The Hall–Kier alpha value is -2.05. The molecule has 9 nitrogen and oxygen atoms in total. The molecule has 41 heavy (non-hydrogen) atoms.